The Kier molecular flexibility index (Phi) is 5.50. The zero-order valence-corrected chi connectivity index (χ0v) is 17.8. The Morgan fingerprint density at radius 1 is 0.897 bits per heavy atom. The van der Waals surface area contributed by atoms with Crippen molar-refractivity contribution in [2.45, 2.75) is 51.0 Å². The topological polar surface area (TPSA) is 68.0 Å². The highest BCUT2D eigenvalue weighted by Gasteiger charge is 2.61. The second kappa shape index (κ2) is 7.59. The van der Waals surface area contributed by atoms with Crippen molar-refractivity contribution in [3.63, 3.8) is 0 Å². The Morgan fingerprint density at radius 2 is 1.31 bits per heavy atom. The van der Waals surface area contributed by atoms with E-state index >= 15 is 0 Å². The number of hydrogen-bond acceptors (Lipinski definition) is 5. The summed E-state index contributed by atoms with van der Waals surface area (Å²) in [6.45, 7) is 7.39. The third-order valence-electron chi connectivity index (χ3n) is 5.20. The predicted octanol–water partition coefficient (Wildman–Crippen LogP) is 3.95. The molecule has 1 amide bonds. The van der Waals surface area contributed by atoms with E-state index in [0.29, 0.717) is 22.6 Å². The van der Waals surface area contributed by atoms with Gasteiger partial charge in [0.05, 0.1) is 26.3 Å². The number of carbonyl (C=O) groups is 1. The van der Waals surface area contributed by atoms with E-state index in [9.17, 15) is 9.90 Å². The minimum absolute atomic E-state index is 0.181. The maximum atomic E-state index is 12.7. The van der Waals surface area contributed by atoms with Gasteiger partial charge in [0.15, 0.2) is 0 Å². The second-order valence-electron chi connectivity index (χ2n) is 8.30. The van der Waals surface area contributed by atoms with Crippen LogP contribution in [0, 0.1) is 0 Å². The van der Waals surface area contributed by atoms with E-state index in [0.717, 1.165) is 0 Å². The first-order valence-corrected chi connectivity index (χ1v) is 9.64. The zero-order chi connectivity index (χ0) is 21.4. The van der Waals surface area contributed by atoms with Gasteiger partial charge in [-0.1, -0.05) is 24.3 Å². The predicted molar refractivity (Wildman–Crippen MR) is 110 cm³/mol. The molecule has 3 rings (SSSR count). The average molecular weight is 399 g/mol. The molecule has 1 fully saturated rings. The van der Waals surface area contributed by atoms with Crippen LogP contribution in [0.3, 0.4) is 0 Å². The van der Waals surface area contributed by atoms with E-state index in [1.54, 1.807) is 43.4 Å². The van der Waals surface area contributed by atoms with Crippen LogP contribution in [0.5, 0.6) is 11.5 Å². The molecule has 0 radical (unpaired) electrons. The van der Waals surface area contributed by atoms with Gasteiger partial charge in [-0.25, -0.2) is 4.79 Å². The molecule has 1 saturated heterocycles. The third kappa shape index (κ3) is 4.03. The third-order valence-corrected chi connectivity index (χ3v) is 5.20. The molecule has 1 N–H and O–H groups in total. The first-order chi connectivity index (χ1) is 13.6. The van der Waals surface area contributed by atoms with E-state index in [1.807, 2.05) is 52.0 Å². The molecule has 0 spiro atoms. The largest absolute Gasteiger partial charge is 0.497 e. The van der Waals surface area contributed by atoms with Crippen LogP contribution in [0.4, 0.5) is 4.79 Å². The summed E-state index contributed by atoms with van der Waals surface area (Å²) >= 11 is 0. The highest BCUT2D eigenvalue weighted by atomic mass is 16.6. The van der Waals surface area contributed by atoms with Crippen LogP contribution in [-0.4, -0.2) is 48.0 Å². The van der Waals surface area contributed by atoms with Crippen molar-refractivity contribution in [3.05, 3.63) is 59.7 Å². The maximum absolute atomic E-state index is 12.7. The van der Waals surface area contributed by atoms with Crippen molar-refractivity contribution in [2.24, 2.45) is 0 Å². The molecule has 1 aliphatic heterocycles. The first-order valence-electron chi connectivity index (χ1n) is 9.64. The van der Waals surface area contributed by atoms with Crippen LogP contribution < -0.4 is 9.47 Å². The van der Waals surface area contributed by atoms with Gasteiger partial charge in [-0.05, 0) is 63.1 Å². The number of aliphatic hydroxyl groups is 1. The van der Waals surface area contributed by atoms with E-state index in [2.05, 4.69) is 0 Å². The molecule has 6 heteroatoms. The summed E-state index contributed by atoms with van der Waals surface area (Å²) in [5, 5.41) is 12.0. The molecule has 156 valence electrons. The fourth-order valence-electron chi connectivity index (χ4n) is 3.69. The summed E-state index contributed by atoms with van der Waals surface area (Å²) in [5.41, 5.74) is -0.672. The van der Waals surface area contributed by atoms with E-state index < -0.39 is 23.3 Å². The number of ether oxygens (including phenoxy) is 3. The quantitative estimate of drug-likeness (QED) is 0.771. The SMILES string of the molecule is COc1ccc(C(O)(c2ccc(OC)cc2)[C@@H]2[C@H](C)N2C(=O)OC(C)(C)C)cc1. The Morgan fingerprint density at radius 3 is 1.66 bits per heavy atom. The summed E-state index contributed by atoms with van der Waals surface area (Å²) in [6.07, 6.45) is -0.435. The second-order valence-corrected chi connectivity index (χ2v) is 8.30. The van der Waals surface area contributed by atoms with Crippen molar-refractivity contribution < 1.29 is 24.1 Å². The minimum Gasteiger partial charge on any atom is -0.497 e. The first kappa shape index (κ1) is 21.0. The van der Waals surface area contributed by atoms with Gasteiger partial charge in [0.1, 0.15) is 22.7 Å². The molecular formula is C23H29NO5. The summed E-state index contributed by atoms with van der Waals surface area (Å²) in [4.78, 5) is 14.3. The fourth-order valence-corrected chi connectivity index (χ4v) is 3.69. The van der Waals surface area contributed by atoms with Gasteiger partial charge in [0.2, 0.25) is 0 Å². The van der Waals surface area contributed by atoms with E-state index in [4.69, 9.17) is 14.2 Å². The molecule has 2 aromatic rings. The molecule has 2 atom stereocenters. The van der Waals surface area contributed by atoms with Crippen molar-refractivity contribution in [1.29, 1.82) is 0 Å². The van der Waals surface area contributed by atoms with Crippen LogP contribution >= 0.6 is 0 Å². The molecule has 1 aliphatic rings. The monoisotopic (exact) mass is 399 g/mol. The summed E-state index contributed by atoms with van der Waals surface area (Å²) in [6, 6.07) is 13.8. The molecule has 2 aromatic carbocycles. The van der Waals surface area contributed by atoms with Gasteiger partial charge >= 0.3 is 6.09 Å². The number of hydrogen-bond donors (Lipinski definition) is 1. The van der Waals surface area contributed by atoms with Gasteiger partial charge in [-0.2, -0.15) is 0 Å². The lowest BCUT2D eigenvalue weighted by Crippen LogP contribution is -2.38. The Bertz CT molecular complexity index is 807. The van der Waals surface area contributed by atoms with Crippen molar-refractivity contribution in [1.82, 2.24) is 4.90 Å². The molecule has 1 heterocycles. The summed E-state index contributed by atoms with van der Waals surface area (Å²) in [5.74, 6) is 1.39. The standard InChI is InChI=1S/C23H29NO5/c1-15-20(24(15)21(25)29-22(2,3)4)23(26,16-7-11-18(27-5)12-8-16)17-9-13-19(28-6)14-10-17/h7-15,20,26H,1-6H3/t15-,20-,24?/m0/s1. The Balaban J connectivity index is 2.02. The van der Waals surface area contributed by atoms with Crippen molar-refractivity contribution in [3.8, 4) is 11.5 Å². The molecule has 0 aromatic heterocycles. The van der Waals surface area contributed by atoms with Gasteiger partial charge in [0.25, 0.3) is 0 Å². The number of amides is 1. The number of methoxy groups -OCH3 is 2. The minimum atomic E-state index is -1.41. The zero-order valence-electron chi connectivity index (χ0n) is 17.8. The van der Waals surface area contributed by atoms with Crippen LogP contribution in [0.25, 0.3) is 0 Å². The molecule has 0 bridgehead atoms. The number of carbonyl (C=O) groups excluding carboxylic acids is 1. The average Bonchev–Trinajstić information content (AvgIpc) is 3.38. The number of rotatable bonds is 5. The summed E-state index contributed by atoms with van der Waals surface area (Å²) in [7, 11) is 3.19. The fraction of sp³-hybridized carbons (Fsp3) is 0.435. The highest BCUT2D eigenvalue weighted by Crippen LogP contribution is 2.47. The van der Waals surface area contributed by atoms with Gasteiger partial charge < -0.3 is 19.3 Å². The molecular weight excluding hydrogens is 370 g/mol. The normalized spacial score (nSPS) is 18.9. The van der Waals surface area contributed by atoms with Crippen molar-refractivity contribution >= 4 is 6.09 Å². The van der Waals surface area contributed by atoms with Crippen LogP contribution in [0.1, 0.15) is 38.8 Å². The lowest BCUT2D eigenvalue weighted by atomic mass is 9.82. The van der Waals surface area contributed by atoms with Crippen LogP contribution in [-0.2, 0) is 10.3 Å². The summed E-state index contributed by atoms with van der Waals surface area (Å²) < 4.78 is 16.0. The van der Waals surface area contributed by atoms with Crippen LogP contribution in [0.2, 0.25) is 0 Å². The molecule has 29 heavy (non-hydrogen) atoms. The highest BCUT2D eigenvalue weighted by molar-refractivity contribution is 5.73. The Labute approximate surface area is 172 Å². The van der Waals surface area contributed by atoms with Gasteiger partial charge in [-0.3, -0.25) is 4.90 Å². The molecule has 0 unspecified atom stereocenters. The lowest BCUT2D eigenvalue weighted by molar-refractivity contribution is 0.0253. The van der Waals surface area contributed by atoms with E-state index in [-0.39, 0.29) is 6.04 Å². The smallest absolute Gasteiger partial charge is 0.411 e. The Hall–Kier alpha value is -2.73. The molecule has 0 saturated carbocycles. The van der Waals surface area contributed by atoms with Gasteiger partial charge in [0, 0.05) is 0 Å². The molecule has 6 nitrogen and oxygen atoms in total. The maximum Gasteiger partial charge on any atom is 0.411 e. The van der Waals surface area contributed by atoms with Crippen LogP contribution in [0.15, 0.2) is 48.5 Å². The number of nitrogens with zero attached hydrogens (tertiary/aromatic N) is 1. The van der Waals surface area contributed by atoms with E-state index in [1.165, 1.54) is 0 Å². The van der Waals surface area contributed by atoms with Gasteiger partial charge in [-0.15, -0.1) is 0 Å². The lowest BCUT2D eigenvalue weighted by Gasteiger charge is -2.30. The number of benzene rings is 2. The van der Waals surface area contributed by atoms with Crippen molar-refractivity contribution in [2.75, 3.05) is 14.2 Å². The molecule has 0 aliphatic carbocycles.